The molecule has 7 nitrogen and oxygen atoms in total. The number of benzene rings is 2. The van der Waals surface area contributed by atoms with Crippen LogP contribution < -0.4 is 10.2 Å². The minimum Gasteiger partial charge on any atom is -0.473 e. The molecule has 0 aliphatic rings. The van der Waals surface area contributed by atoms with E-state index in [0.29, 0.717) is 0 Å². The van der Waals surface area contributed by atoms with Gasteiger partial charge in [-0.05, 0) is 37.5 Å². The minimum absolute atomic E-state index is 0.0750. The summed E-state index contributed by atoms with van der Waals surface area (Å²) in [6, 6.07) is 18.9. The molecule has 31 heavy (non-hydrogen) atoms. The maximum Gasteiger partial charge on any atom is 0.414 e. The van der Waals surface area contributed by atoms with Crippen LogP contribution in [-0.4, -0.2) is 26.7 Å². The molecule has 8 heteroatoms. The van der Waals surface area contributed by atoms with E-state index in [1.54, 1.807) is 4.57 Å². The SMILES string of the molecule is Cc1ccccc1C(C)NC(C)c1sc(=O)n(C)c1-c1ccccc1.O=C(O)C(=O)O. The Morgan fingerprint density at radius 2 is 1.48 bits per heavy atom. The van der Waals surface area contributed by atoms with Crippen molar-refractivity contribution in [1.82, 2.24) is 9.88 Å². The van der Waals surface area contributed by atoms with Crippen molar-refractivity contribution in [2.24, 2.45) is 7.05 Å². The van der Waals surface area contributed by atoms with Crippen LogP contribution in [0.15, 0.2) is 59.4 Å². The fourth-order valence-electron chi connectivity index (χ4n) is 3.31. The van der Waals surface area contributed by atoms with Gasteiger partial charge in [0.1, 0.15) is 0 Å². The molecule has 1 heterocycles. The van der Waals surface area contributed by atoms with Gasteiger partial charge in [-0.15, -0.1) is 0 Å². The highest BCUT2D eigenvalue weighted by atomic mass is 32.1. The third-order valence-electron chi connectivity index (χ3n) is 4.82. The summed E-state index contributed by atoms with van der Waals surface area (Å²) in [5, 5.41) is 18.4. The molecule has 0 saturated carbocycles. The Bertz CT molecular complexity index is 1090. The first-order valence-electron chi connectivity index (χ1n) is 9.66. The Hall–Kier alpha value is -3.23. The van der Waals surface area contributed by atoms with Gasteiger partial charge in [0.15, 0.2) is 0 Å². The lowest BCUT2D eigenvalue weighted by molar-refractivity contribution is -0.159. The molecule has 0 aliphatic heterocycles. The highest BCUT2D eigenvalue weighted by Crippen LogP contribution is 2.31. The van der Waals surface area contributed by atoms with Crippen molar-refractivity contribution in [3.05, 3.63) is 80.3 Å². The number of thiazole rings is 1. The molecule has 2 atom stereocenters. The average molecular weight is 443 g/mol. The lowest BCUT2D eigenvalue weighted by Crippen LogP contribution is -2.23. The normalized spacial score (nSPS) is 12.4. The second-order valence-corrected chi connectivity index (χ2v) is 8.08. The number of aliphatic carboxylic acids is 2. The van der Waals surface area contributed by atoms with Crippen molar-refractivity contribution in [3.8, 4) is 11.3 Å². The second kappa shape index (κ2) is 10.7. The van der Waals surface area contributed by atoms with Gasteiger partial charge in [-0.25, -0.2) is 9.59 Å². The predicted molar refractivity (Wildman–Crippen MR) is 121 cm³/mol. The molecule has 2 unspecified atom stereocenters. The largest absolute Gasteiger partial charge is 0.473 e. The van der Waals surface area contributed by atoms with E-state index in [1.165, 1.54) is 22.5 Å². The Morgan fingerprint density at radius 3 is 2.03 bits per heavy atom. The van der Waals surface area contributed by atoms with E-state index in [-0.39, 0.29) is 17.0 Å². The molecule has 2 aromatic carbocycles. The van der Waals surface area contributed by atoms with Crippen LogP contribution in [0, 0.1) is 6.92 Å². The van der Waals surface area contributed by atoms with Crippen LogP contribution in [0.5, 0.6) is 0 Å². The number of hydrogen-bond acceptors (Lipinski definition) is 5. The van der Waals surface area contributed by atoms with E-state index < -0.39 is 11.9 Å². The minimum atomic E-state index is -1.82. The standard InChI is InChI=1S/C21H24N2OS.C2H2O4/c1-14-10-8-9-13-18(14)15(2)22-16(3)20-19(23(4)21(24)25-20)17-11-6-5-7-12-17;3-1(4)2(5)6/h5-13,15-16,22H,1-4H3;(H,3,4)(H,5,6). The van der Waals surface area contributed by atoms with Crippen LogP contribution >= 0.6 is 11.3 Å². The van der Waals surface area contributed by atoms with Gasteiger partial charge in [0.05, 0.1) is 10.6 Å². The van der Waals surface area contributed by atoms with Gasteiger partial charge in [0.25, 0.3) is 0 Å². The summed E-state index contributed by atoms with van der Waals surface area (Å²) in [5.74, 6) is -3.65. The molecule has 0 saturated heterocycles. The summed E-state index contributed by atoms with van der Waals surface area (Å²) < 4.78 is 1.76. The summed E-state index contributed by atoms with van der Waals surface area (Å²) in [6.07, 6.45) is 0. The number of aryl methyl sites for hydroxylation is 1. The number of aromatic nitrogens is 1. The van der Waals surface area contributed by atoms with E-state index in [0.717, 1.165) is 16.1 Å². The van der Waals surface area contributed by atoms with Crippen LogP contribution in [0.25, 0.3) is 11.3 Å². The van der Waals surface area contributed by atoms with Gasteiger partial charge < -0.3 is 20.1 Å². The Labute approximate surface area is 184 Å². The van der Waals surface area contributed by atoms with Gasteiger partial charge in [0.2, 0.25) is 0 Å². The van der Waals surface area contributed by atoms with Crippen molar-refractivity contribution >= 4 is 23.3 Å². The molecule has 0 amide bonds. The zero-order valence-corrected chi connectivity index (χ0v) is 18.6. The lowest BCUT2D eigenvalue weighted by atomic mass is 10.0. The summed E-state index contributed by atoms with van der Waals surface area (Å²) in [7, 11) is 1.85. The third kappa shape index (κ3) is 6.13. The van der Waals surface area contributed by atoms with Gasteiger partial charge >= 0.3 is 16.8 Å². The highest BCUT2D eigenvalue weighted by molar-refractivity contribution is 7.09. The third-order valence-corrected chi connectivity index (χ3v) is 6.03. The van der Waals surface area contributed by atoms with E-state index in [4.69, 9.17) is 19.8 Å². The molecule has 0 bridgehead atoms. The van der Waals surface area contributed by atoms with Crippen molar-refractivity contribution < 1.29 is 19.8 Å². The highest BCUT2D eigenvalue weighted by Gasteiger charge is 2.21. The monoisotopic (exact) mass is 442 g/mol. The summed E-state index contributed by atoms with van der Waals surface area (Å²) in [4.78, 5) is 31.7. The van der Waals surface area contributed by atoms with Crippen molar-refractivity contribution in [1.29, 1.82) is 0 Å². The molecule has 0 radical (unpaired) electrons. The topological polar surface area (TPSA) is 109 Å². The van der Waals surface area contributed by atoms with Crippen LogP contribution in [0.3, 0.4) is 0 Å². The number of nitrogens with zero attached hydrogens (tertiary/aromatic N) is 1. The number of carboxylic acid groups (broad SMARTS) is 2. The molecule has 3 aromatic rings. The van der Waals surface area contributed by atoms with Gasteiger partial charge in [-0.2, -0.15) is 0 Å². The molecule has 0 fully saturated rings. The molecule has 3 N–H and O–H groups in total. The Morgan fingerprint density at radius 1 is 0.935 bits per heavy atom. The number of carboxylic acids is 2. The van der Waals surface area contributed by atoms with Crippen molar-refractivity contribution in [3.63, 3.8) is 0 Å². The summed E-state index contributed by atoms with van der Waals surface area (Å²) >= 11 is 1.33. The zero-order chi connectivity index (χ0) is 23.1. The number of rotatable bonds is 5. The molecule has 0 aliphatic carbocycles. The fourth-order valence-corrected chi connectivity index (χ4v) is 4.32. The Balaban J connectivity index is 0.000000501. The van der Waals surface area contributed by atoms with Crippen molar-refractivity contribution in [2.45, 2.75) is 32.9 Å². The molecule has 1 aromatic heterocycles. The first-order chi connectivity index (χ1) is 14.6. The maximum absolute atomic E-state index is 12.3. The molecule has 0 spiro atoms. The number of carbonyl (C=O) groups is 2. The first-order valence-corrected chi connectivity index (χ1v) is 10.5. The predicted octanol–water partition coefficient (Wildman–Crippen LogP) is 3.99. The fraction of sp³-hybridized carbons (Fsp3) is 0.261. The molecule has 164 valence electrons. The first kappa shape index (κ1) is 24.0. The van der Waals surface area contributed by atoms with E-state index >= 15 is 0 Å². The number of nitrogens with one attached hydrogen (secondary N) is 1. The molecule has 3 rings (SSSR count). The average Bonchev–Trinajstić information content (AvgIpc) is 3.04. The van der Waals surface area contributed by atoms with Gasteiger partial charge in [-0.3, -0.25) is 4.79 Å². The second-order valence-electron chi connectivity index (χ2n) is 7.08. The number of hydrogen-bond donors (Lipinski definition) is 3. The lowest BCUT2D eigenvalue weighted by Gasteiger charge is -2.22. The van der Waals surface area contributed by atoms with E-state index in [1.807, 2.05) is 25.2 Å². The summed E-state index contributed by atoms with van der Waals surface area (Å²) in [5.41, 5.74) is 4.65. The van der Waals surface area contributed by atoms with Crippen LogP contribution in [0.2, 0.25) is 0 Å². The molecular formula is C23H26N2O5S. The van der Waals surface area contributed by atoms with Crippen LogP contribution in [0.4, 0.5) is 0 Å². The van der Waals surface area contributed by atoms with Gasteiger partial charge in [-0.1, -0.05) is 65.9 Å². The smallest absolute Gasteiger partial charge is 0.414 e. The maximum atomic E-state index is 12.3. The Kier molecular flexibility index (Phi) is 8.30. The van der Waals surface area contributed by atoms with Crippen molar-refractivity contribution in [2.75, 3.05) is 0 Å². The quantitative estimate of drug-likeness (QED) is 0.516. The van der Waals surface area contributed by atoms with Crippen LogP contribution in [-0.2, 0) is 16.6 Å². The van der Waals surface area contributed by atoms with Gasteiger partial charge in [0, 0.05) is 19.1 Å². The zero-order valence-electron chi connectivity index (χ0n) is 17.8. The van der Waals surface area contributed by atoms with E-state index in [9.17, 15) is 4.79 Å². The van der Waals surface area contributed by atoms with E-state index in [2.05, 4.69) is 62.5 Å². The molecular weight excluding hydrogens is 416 g/mol. The summed E-state index contributed by atoms with van der Waals surface area (Å²) in [6.45, 7) is 6.44. The van der Waals surface area contributed by atoms with Crippen LogP contribution in [0.1, 0.15) is 41.9 Å².